The highest BCUT2D eigenvalue weighted by atomic mass is 19.4. The number of amides is 1. The third-order valence-electron chi connectivity index (χ3n) is 7.36. The van der Waals surface area contributed by atoms with Crippen LogP contribution in [-0.4, -0.2) is 61.0 Å². The van der Waals surface area contributed by atoms with Crippen molar-refractivity contribution in [3.63, 3.8) is 0 Å². The molecule has 2 aromatic carbocycles. The lowest BCUT2D eigenvalue weighted by atomic mass is 9.97. The maximum atomic E-state index is 13.8. The van der Waals surface area contributed by atoms with Gasteiger partial charge in [-0.2, -0.15) is 13.2 Å². The molecule has 0 saturated carbocycles. The number of nitrogens with one attached hydrogen (secondary N) is 1. The molecule has 2 heterocycles. The van der Waals surface area contributed by atoms with Gasteiger partial charge in [0.1, 0.15) is 0 Å². The van der Waals surface area contributed by atoms with E-state index in [0.717, 1.165) is 37.7 Å². The Kier molecular flexibility index (Phi) is 8.50. The third kappa shape index (κ3) is 6.85. The van der Waals surface area contributed by atoms with Gasteiger partial charge in [0.15, 0.2) is 0 Å². The lowest BCUT2D eigenvalue weighted by molar-refractivity contribution is -0.137. The Balaban J connectivity index is 1.28. The maximum absolute atomic E-state index is 13.8. The van der Waals surface area contributed by atoms with E-state index in [9.17, 15) is 18.0 Å². The number of rotatable bonds is 7. The zero-order chi connectivity index (χ0) is 24.8. The highest BCUT2D eigenvalue weighted by Gasteiger charge is 2.35. The van der Waals surface area contributed by atoms with Crippen molar-refractivity contribution in [3.05, 3.63) is 59.2 Å². The van der Waals surface area contributed by atoms with Crippen molar-refractivity contribution >= 4 is 5.91 Å². The van der Waals surface area contributed by atoms with Crippen molar-refractivity contribution in [2.45, 2.75) is 57.7 Å². The summed E-state index contributed by atoms with van der Waals surface area (Å²) in [5.74, 6) is -0.670. The van der Waals surface area contributed by atoms with E-state index in [-0.39, 0.29) is 5.56 Å². The van der Waals surface area contributed by atoms with Crippen LogP contribution in [0.15, 0.2) is 42.5 Å². The zero-order valence-corrected chi connectivity index (χ0v) is 20.5. The van der Waals surface area contributed by atoms with Gasteiger partial charge in [-0.05, 0) is 95.0 Å². The predicted molar refractivity (Wildman–Crippen MR) is 133 cm³/mol. The van der Waals surface area contributed by atoms with E-state index in [1.54, 1.807) is 18.2 Å². The molecule has 0 aliphatic carbocycles. The van der Waals surface area contributed by atoms with Gasteiger partial charge in [-0.25, -0.2) is 0 Å². The van der Waals surface area contributed by atoms with Crippen LogP contribution in [0.4, 0.5) is 13.2 Å². The summed E-state index contributed by atoms with van der Waals surface area (Å²) in [6, 6.07) is 11.9. The summed E-state index contributed by atoms with van der Waals surface area (Å²) < 4.78 is 41.3. The normalized spacial score (nSPS) is 18.5. The van der Waals surface area contributed by atoms with E-state index in [1.807, 2.05) is 19.1 Å². The molecule has 0 spiro atoms. The van der Waals surface area contributed by atoms with Gasteiger partial charge in [-0.1, -0.05) is 42.3 Å². The molecule has 2 aromatic rings. The number of hydrogen-bond acceptors (Lipinski definition) is 3. The van der Waals surface area contributed by atoms with Crippen LogP contribution < -0.4 is 5.32 Å². The van der Waals surface area contributed by atoms with Gasteiger partial charge >= 0.3 is 6.18 Å². The quantitative estimate of drug-likeness (QED) is 0.505. The molecule has 1 N–H and O–H groups in total. The van der Waals surface area contributed by atoms with Crippen molar-refractivity contribution in [3.8, 4) is 11.1 Å². The molecule has 4 nitrogen and oxygen atoms in total. The first-order valence-corrected chi connectivity index (χ1v) is 12.8. The predicted octanol–water partition coefficient (Wildman–Crippen LogP) is 5.75. The molecular formula is C28H36F3N3O. The smallest absolute Gasteiger partial charge is 0.352 e. The molecule has 0 radical (unpaired) electrons. The van der Waals surface area contributed by atoms with E-state index in [4.69, 9.17) is 0 Å². The van der Waals surface area contributed by atoms with E-state index in [1.165, 1.54) is 51.3 Å². The SMILES string of the molecule is Cc1ccc(-c2ccc(C(=O)NCCCN3CCC(N4CCCCC4)CC3)c(C(F)(F)F)c2)cc1. The van der Waals surface area contributed by atoms with Crippen LogP contribution in [0.5, 0.6) is 0 Å². The molecule has 0 unspecified atom stereocenters. The summed E-state index contributed by atoms with van der Waals surface area (Å²) in [6.45, 7) is 7.69. The van der Waals surface area contributed by atoms with E-state index in [2.05, 4.69) is 15.1 Å². The first-order valence-electron chi connectivity index (χ1n) is 12.8. The second kappa shape index (κ2) is 11.6. The Morgan fingerprint density at radius 1 is 0.943 bits per heavy atom. The van der Waals surface area contributed by atoms with E-state index < -0.39 is 17.6 Å². The summed E-state index contributed by atoms with van der Waals surface area (Å²) in [7, 11) is 0. The van der Waals surface area contributed by atoms with Crippen molar-refractivity contribution in [2.75, 3.05) is 39.3 Å². The number of carbonyl (C=O) groups excluding carboxylic acids is 1. The largest absolute Gasteiger partial charge is 0.417 e. The minimum absolute atomic E-state index is 0.323. The Morgan fingerprint density at radius 2 is 1.60 bits per heavy atom. The first kappa shape index (κ1) is 25.7. The molecule has 4 rings (SSSR count). The lowest BCUT2D eigenvalue weighted by Crippen LogP contribution is -2.47. The number of benzene rings is 2. The van der Waals surface area contributed by atoms with Crippen LogP contribution in [0.1, 0.15) is 60.0 Å². The highest BCUT2D eigenvalue weighted by molar-refractivity contribution is 5.96. The maximum Gasteiger partial charge on any atom is 0.417 e. The van der Waals surface area contributed by atoms with Crippen LogP contribution in [0, 0.1) is 6.92 Å². The highest BCUT2D eigenvalue weighted by Crippen LogP contribution is 2.35. The van der Waals surface area contributed by atoms with E-state index >= 15 is 0 Å². The molecule has 2 saturated heterocycles. The Hall–Kier alpha value is -2.38. The molecule has 2 aliphatic heterocycles. The molecular weight excluding hydrogens is 451 g/mol. The van der Waals surface area contributed by atoms with Crippen LogP contribution in [-0.2, 0) is 6.18 Å². The third-order valence-corrected chi connectivity index (χ3v) is 7.36. The number of carbonyl (C=O) groups is 1. The van der Waals surface area contributed by atoms with Gasteiger partial charge in [-0.15, -0.1) is 0 Å². The summed E-state index contributed by atoms with van der Waals surface area (Å²) in [5.41, 5.74) is 0.953. The average molecular weight is 488 g/mol. The fourth-order valence-corrected chi connectivity index (χ4v) is 5.29. The van der Waals surface area contributed by atoms with Crippen LogP contribution in [0.3, 0.4) is 0 Å². The molecule has 35 heavy (non-hydrogen) atoms. The molecule has 7 heteroatoms. The number of aryl methyl sites for hydroxylation is 1. The topological polar surface area (TPSA) is 35.6 Å². The van der Waals surface area contributed by atoms with Crippen molar-refractivity contribution in [1.29, 1.82) is 0 Å². The van der Waals surface area contributed by atoms with Crippen molar-refractivity contribution < 1.29 is 18.0 Å². The number of halogens is 3. The van der Waals surface area contributed by atoms with Crippen LogP contribution in [0.2, 0.25) is 0 Å². The number of likely N-dealkylation sites (tertiary alicyclic amines) is 2. The Bertz CT molecular complexity index is 976. The lowest BCUT2D eigenvalue weighted by Gasteiger charge is -2.40. The van der Waals surface area contributed by atoms with Gasteiger partial charge in [0, 0.05) is 12.6 Å². The minimum Gasteiger partial charge on any atom is -0.352 e. The van der Waals surface area contributed by atoms with Crippen LogP contribution >= 0.6 is 0 Å². The van der Waals surface area contributed by atoms with Crippen molar-refractivity contribution in [2.24, 2.45) is 0 Å². The summed E-state index contributed by atoms with van der Waals surface area (Å²) in [6.07, 6.45) is 2.44. The molecule has 1 amide bonds. The van der Waals surface area contributed by atoms with Gasteiger partial charge < -0.3 is 15.1 Å². The number of hydrogen-bond donors (Lipinski definition) is 1. The fourth-order valence-electron chi connectivity index (χ4n) is 5.29. The molecule has 0 atom stereocenters. The molecule has 0 aromatic heterocycles. The number of piperidine rings is 2. The number of alkyl halides is 3. The second-order valence-corrected chi connectivity index (χ2v) is 9.90. The van der Waals surface area contributed by atoms with E-state index in [0.29, 0.717) is 23.7 Å². The molecule has 2 fully saturated rings. The molecule has 0 bridgehead atoms. The molecule has 190 valence electrons. The summed E-state index contributed by atoms with van der Waals surface area (Å²) >= 11 is 0. The Labute approximate surface area is 206 Å². The summed E-state index contributed by atoms with van der Waals surface area (Å²) in [4.78, 5) is 17.7. The fraction of sp³-hybridized carbons (Fsp3) is 0.536. The first-order chi connectivity index (χ1) is 16.8. The second-order valence-electron chi connectivity index (χ2n) is 9.90. The molecule has 2 aliphatic rings. The van der Waals surface area contributed by atoms with Crippen molar-refractivity contribution in [1.82, 2.24) is 15.1 Å². The standard InChI is InChI=1S/C28H36F3N3O/c1-21-6-8-22(9-7-21)23-10-11-25(26(20-23)28(29,30)31)27(35)32-14-5-15-33-18-12-24(13-19-33)34-16-3-2-4-17-34/h6-11,20,24H,2-5,12-19H2,1H3,(H,32,35). The Morgan fingerprint density at radius 3 is 2.26 bits per heavy atom. The van der Waals surface area contributed by atoms with Gasteiger partial charge in [0.05, 0.1) is 11.1 Å². The number of nitrogens with zero attached hydrogens (tertiary/aromatic N) is 2. The average Bonchev–Trinajstić information content (AvgIpc) is 2.87. The van der Waals surface area contributed by atoms with Gasteiger partial charge in [0.2, 0.25) is 0 Å². The minimum atomic E-state index is -4.61. The summed E-state index contributed by atoms with van der Waals surface area (Å²) in [5, 5.41) is 2.70. The van der Waals surface area contributed by atoms with Gasteiger partial charge in [-0.3, -0.25) is 4.79 Å². The van der Waals surface area contributed by atoms with Gasteiger partial charge in [0.25, 0.3) is 5.91 Å². The van der Waals surface area contributed by atoms with Crippen LogP contribution in [0.25, 0.3) is 11.1 Å². The zero-order valence-electron chi connectivity index (χ0n) is 20.5. The monoisotopic (exact) mass is 487 g/mol.